The third-order valence-corrected chi connectivity index (χ3v) is 38.0. The molecule has 12 aromatic rings. The summed E-state index contributed by atoms with van der Waals surface area (Å²) < 4.78 is 336. The molecule has 12 rings (SSSR count). The lowest BCUT2D eigenvalue weighted by molar-refractivity contribution is -0.0473. The minimum Gasteiger partial charge on any atom is -0.497 e. The highest BCUT2D eigenvalue weighted by molar-refractivity contribution is 8.25. The molecule has 0 radical (unpaired) electrons. The Morgan fingerprint density at radius 3 is 0.933 bits per heavy atom. The van der Waals surface area contributed by atoms with Crippen molar-refractivity contribution >= 4 is 160 Å². The number of halogens is 12. The van der Waals surface area contributed by atoms with Gasteiger partial charge in [0, 0.05) is 34.3 Å². The Hall–Kier alpha value is -10.7. The second-order valence-corrected chi connectivity index (χ2v) is 42.8. The summed E-state index contributed by atoms with van der Waals surface area (Å²) in [5, 5.41) is 26.0. The lowest BCUT2D eigenvalue weighted by atomic mass is 9.50. The number of benzene rings is 8. The van der Waals surface area contributed by atoms with E-state index in [0.717, 1.165) is 22.7 Å². The van der Waals surface area contributed by atoms with Crippen LogP contribution in [0.3, 0.4) is 0 Å². The molecule has 0 aliphatic heterocycles. The molecule has 0 saturated carbocycles. The Kier molecular flexibility index (Phi) is 25.1. The molecule has 120 heavy (non-hydrogen) atoms. The SMILES string of the molecule is COc1ccc2sc(/C(C#N)=c3\c4c(-c5ccc(OCCCCS(=O)(=O)C(S(=O)(=O)C(F)(F)F)S(=O)(=O)C(F)(F)F)cc5)n(B(c5ccccc5)c5ccccc5)/c(=C(\C#N)c5nc6cc(OC)ccc6s5)c4c(-c4ccc(OCCCCS(=O)(=O)C(S(=O)(=O)C(F)(F)F)S(=O)(=O)C(F)(F)F)cc4)n3B(c3ccccc3)c3ccccc3)nc2c1. The van der Waals surface area contributed by atoms with Gasteiger partial charge in [0.05, 0.1) is 70.1 Å². The smallest absolute Gasteiger partial charge is 0.497 e. The Labute approximate surface area is 685 Å². The maximum Gasteiger partial charge on any atom is 0.499 e. The van der Waals surface area contributed by atoms with Gasteiger partial charge in [0.2, 0.25) is 0 Å². The van der Waals surface area contributed by atoms with Gasteiger partial charge in [-0.1, -0.05) is 143 Å². The first-order valence-corrected chi connectivity index (χ1v) is 46.3. The quantitative estimate of drug-likeness (QED) is 0.0229. The minimum absolute atomic E-state index is 0.0418. The molecule has 626 valence electrons. The largest absolute Gasteiger partial charge is 0.499 e. The molecule has 0 saturated heterocycles. The molecule has 0 N–H and O–H groups in total. The molecule has 0 unspecified atom stereocenters. The number of hydrogen-bond acceptors (Lipinski definition) is 22. The Balaban J connectivity index is 1.15. The van der Waals surface area contributed by atoms with Crippen molar-refractivity contribution in [3.8, 4) is 57.7 Å². The minimum atomic E-state index is -7.59. The van der Waals surface area contributed by atoms with Crippen LogP contribution in [0.25, 0.3) is 64.9 Å². The summed E-state index contributed by atoms with van der Waals surface area (Å²) >= 11 is 2.25. The van der Waals surface area contributed by atoms with Gasteiger partial charge in [-0.25, -0.2) is 60.5 Å². The molecule has 0 bridgehead atoms. The van der Waals surface area contributed by atoms with E-state index in [-0.39, 0.29) is 76.6 Å². The summed E-state index contributed by atoms with van der Waals surface area (Å²) in [5.41, 5.74) is -23.2. The van der Waals surface area contributed by atoms with E-state index in [0.29, 0.717) is 53.8 Å². The van der Waals surface area contributed by atoms with Crippen molar-refractivity contribution in [3.63, 3.8) is 0 Å². The van der Waals surface area contributed by atoms with Crippen LogP contribution in [0, 0.1) is 22.7 Å². The van der Waals surface area contributed by atoms with Gasteiger partial charge in [-0.2, -0.15) is 63.2 Å². The zero-order valence-corrected chi connectivity index (χ0v) is 68.1. The molecular formula is C76H58B2F12N6O16S8. The number of fused-ring (bicyclic) bond motifs is 3. The van der Waals surface area contributed by atoms with Gasteiger partial charge in [0.15, 0.2) is 19.7 Å². The van der Waals surface area contributed by atoms with E-state index < -0.39 is 153 Å². The number of alkyl halides is 12. The molecular weight excluding hydrogens is 1760 g/mol. The van der Waals surface area contributed by atoms with Gasteiger partial charge in [-0.05, 0) is 110 Å². The molecule has 0 aliphatic rings. The number of hydrogen-bond donors (Lipinski definition) is 0. The molecule has 0 amide bonds. The van der Waals surface area contributed by atoms with Gasteiger partial charge >= 0.3 is 35.7 Å². The van der Waals surface area contributed by atoms with Crippen LogP contribution in [0.1, 0.15) is 35.7 Å². The van der Waals surface area contributed by atoms with Crippen molar-refractivity contribution in [1.82, 2.24) is 18.9 Å². The number of thiazole rings is 2. The monoisotopic (exact) mass is 1820 g/mol. The number of sulfone groups is 6. The van der Waals surface area contributed by atoms with E-state index in [1.165, 1.54) is 38.5 Å². The van der Waals surface area contributed by atoms with Crippen LogP contribution in [-0.4, -0.2) is 152 Å². The van der Waals surface area contributed by atoms with Crippen LogP contribution in [0.2, 0.25) is 0 Å². The summed E-state index contributed by atoms with van der Waals surface area (Å²) in [7, 11) is -40.2. The zero-order chi connectivity index (χ0) is 87.1. The van der Waals surface area contributed by atoms with Crippen LogP contribution in [0.5, 0.6) is 23.0 Å². The number of ether oxygens (including phenoxy) is 4. The van der Waals surface area contributed by atoms with Gasteiger partial charge in [-0.3, -0.25) is 0 Å². The number of aromatic nitrogens is 4. The van der Waals surface area contributed by atoms with Crippen LogP contribution in [0.4, 0.5) is 52.7 Å². The van der Waals surface area contributed by atoms with Crippen molar-refractivity contribution in [2.75, 3.05) is 38.9 Å². The summed E-state index contributed by atoms with van der Waals surface area (Å²) in [6.07, 6.45) is -3.01. The predicted octanol–water partition coefficient (Wildman–Crippen LogP) is 11.2. The van der Waals surface area contributed by atoms with Crippen LogP contribution < -0.4 is 51.5 Å². The molecule has 8 aromatic carbocycles. The molecule has 0 fully saturated rings. The Bertz CT molecular complexity index is 6280. The first-order chi connectivity index (χ1) is 56.4. The van der Waals surface area contributed by atoms with Crippen LogP contribution in [-0.2, 0) is 59.0 Å². The van der Waals surface area contributed by atoms with Gasteiger partial charge in [-0.15, -0.1) is 22.7 Å². The fourth-order valence-corrected chi connectivity index (χ4v) is 30.5. The summed E-state index contributed by atoms with van der Waals surface area (Å²) in [5.74, 6) is -2.94. The van der Waals surface area contributed by atoms with Crippen molar-refractivity contribution in [1.29, 1.82) is 10.5 Å². The van der Waals surface area contributed by atoms with Gasteiger partial charge < -0.3 is 27.9 Å². The summed E-state index contributed by atoms with van der Waals surface area (Å²) in [4.78, 5) is 10.3. The molecule has 22 nitrogen and oxygen atoms in total. The van der Waals surface area contributed by atoms with E-state index in [1.807, 2.05) is 57.5 Å². The maximum absolute atomic E-state index is 13.8. The normalized spacial score (nSPS) is 13.5. The highest BCUT2D eigenvalue weighted by atomic mass is 32.3. The first-order valence-electron chi connectivity index (χ1n) is 35.0. The van der Waals surface area contributed by atoms with Gasteiger partial charge in [0.25, 0.3) is 47.2 Å². The van der Waals surface area contributed by atoms with Crippen molar-refractivity contribution in [2.24, 2.45) is 0 Å². The Morgan fingerprint density at radius 2 is 0.675 bits per heavy atom. The summed E-state index contributed by atoms with van der Waals surface area (Å²) in [6.45, 7) is -3.27. The zero-order valence-electron chi connectivity index (χ0n) is 61.6. The third kappa shape index (κ3) is 17.2. The predicted molar refractivity (Wildman–Crippen MR) is 430 cm³/mol. The maximum atomic E-state index is 13.8. The van der Waals surface area contributed by atoms with Crippen LogP contribution in [0.15, 0.2) is 206 Å². The van der Waals surface area contributed by atoms with E-state index >= 15 is 0 Å². The number of rotatable bonds is 30. The second kappa shape index (κ2) is 34.1. The van der Waals surface area contributed by atoms with Crippen molar-refractivity contribution < 1.29 is 122 Å². The van der Waals surface area contributed by atoms with E-state index in [2.05, 4.69) is 12.1 Å². The summed E-state index contributed by atoms with van der Waals surface area (Å²) in [6, 6.07) is 63.0. The number of nitriles is 2. The average Bonchev–Trinajstić information content (AvgIpc) is 1.53. The second-order valence-electron chi connectivity index (χ2n) is 26.4. The number of unbranched alkanes of at least 4 members (excludes halogenated alkanes) is 2. The molecule has 0 atom stereocenters. The van der Waals surface area contributed by atoms with Gasteiger partial charge in [0.1, 0.15) is 56.3 Å². The average molecular weight is 1820 g/mol. The lowest BCUT2D eigenvalue weighted by Gasteiger charge is -2.24. The number of nitrogens with zero attached hydrogens (tertiary/aromatic N) is 6. The molecule has 4 aromatic heterocycles. The lowest BCUT2D eigenvalue weighted by Crippen LogP contribution is -2.54. The standard InChI is InChI=1S/C76H58B2F12N6O16S8/c1-109-55-35-37-61-59(43-55)93-69(113-61)57(45-91)67-63-64(66(95(67)77(49-19-7-3-8-20-49)50-21-9-4-10-22-50)48-29-33-54(34-30-48)112-40-16-18-42-116(99,100)72(119(105,106)75(85,86)87)120(107,108)76(88,89)90)68(58(46-92)70-94-60-44-56(110-2)36-38-62(60)114-70)96(78(51-23-11-5-12-24-51)52-25-13-6-14-26-52)65(63)47-27-31-53(32-28-47)111-39-15-17-41-115(97,98)71(117(101,102)73(79,80)81)118(103,104)74(82,83)84/h3-14,19-38,43-44,71-72H,15-18,39-42H2,1-2H3/b67-57+,68-58+. The van der Waals surface area contributed by atoms with Crippen molar-refractivity contribution in [3.05, 3.63) is 227 Å². The highest BCUT2D eigenvalue weighted by Crippen LogP contribution is 2.44. The van der Waals surface area contributed by atoms with Crippen LogP contribution >= 0.6 is 22.7 Å². The molecule has 0 aliphatic carbocycles. The molecule has 0 spiro atoms. The van der Waals surface area contributed by atoms with Crippen molar-refractivity contribution in [2.45, 2.75) is 55.5 Å². The van der Waals surface area contributed by atoms with E-state index in [9.17, 15) is 114 Å². The molecule has 44 heteroatoms. The fourth-order valence-electron chi connectivity index (χ4n) is 13.5. The topological polar surface area (TPSA) is 325 Å². The first kappa shape index (κ1) is 88.6. The Morgan fingerprint density at radius 1 is 0.400 bits per heavy atom. The van der Waals surface area contributed by atoms with E-state index in [4.69, 9.17) is 28.9 Å². The number of methoxy groups -OCH3 is 2. The molecule has 4 heterocycles. The van der Waals surface area contributed by atoms with E-state index in [1.54, 1.807) is 133 Å². The third-order valence-electron chi connectivity index (χ3n) is 18.8. The highest BCUT2D eigenvalue weighted by Gasteiger charge is 2.69. The fraction of sp³-hybridized carbons (Fsp3) is 0.211.